The molecule has 0 aliphatic rings. The maximum atomic E-state index is 11.5. The summed E-state index contributed by atoms with van der Waals surface area (Å²) in [6, 6.07) is 0. The van der Waals surface area contributed by atoms with Crippen LogP contribution in [0.1, 0.15) is 123 Å². The van der Waals surface area contributed by atoms with Gasteiger partial charge in [-0.3, -0.25) is 0 Å². The summed E-state index contributed by atoms with van der Waals surface area (Å²) >= 11 is 0. The highest BCUT2D eigenvalue weighted by Crippen LogP contribution is 2.15. The molecule has 0 fully saturated rings. The molecule has 1 N–H and O–H groups in total. The maximum absolute atomic E-state index is 11.5. The van der Waals surface area contributed by atoms with Crippen LogP contribution in [0.2, 0.25) is 0 Å². The quantitative estimate of drug-likeness (QED) is 0.146. The molecule has 7 nitrogen and oxygen atoms in total. The average molecular weight is 449 g/mol. The molecular weight excluding hydrogens is 407 g/mol. The summed E-state index contributed by atoms with van der Waals surface area (Å²) in [5.41, 5.74) is -0.0269. The Morgan fingerprint density at radius 1 is 0.700 bits per heavy atom. The first-order chi connectivity index (χ1) is 14.1. The van der Waals surface area contributed by atoms with Crippen molar-refractivity contribution in [2.24, 2.45) is 0 Å². The van der Waals surface area contributed by atoms with Crippen LogP contribution in [0.4, 0.5) is 0 Å². The van der Waals surface area contributed by atoms with E-state index in [0.717, 1.165) is 19.3 Å². The zero-order chi connectivity index (χ0) is 23.3. The maximum Gasteiger partial charge on any atom is 0.330 e. The first-order valence-corrected chi connectivity index (χ1v) is 12.9. The summed E-state index contributed by atoms with van der Waals surface area (Å²) < 4.78 is 8.55. The Bertz CT molecular complexity index is 478. The van der Waals surface area contributed by atoms with E-state index in [9.17, 15) is 9.90 Å². The minimum Gasteiger partial charge on any atom is -0.875 e. The molecule has 0 aromatic heterocycles. The van der Waals surface area contributed by atoms with Gasteiger partial charge in [0.15, 0.2) is 0 Å². The van der Waals surface area contributed by atoms with Gasteiger partial charge in [-0.15, -0.1) is 5.76 Å². The van der Waals surface area contributed by atoms with E-state index in [0.29, 0.717) is 6.42 Å². The molecule has 0 radical (unpaired) electrons. The van der Waals surface area contributed by atoms with Gasteiger partial charge in [0.25, 0.3) is 0 Å². The first-order valence-electron chi connectivity index (χ1n) is 11.4. The molecule has 0 aliphatic heterocycles. The van der Waals surface area contributed by atoms with Crippen molar-refractivity contribution in [1.82, 2.24) is 0 Å². The Balaban J connectivity index is 0. The van der Waals surface area contributed by atoms with Crippen LogP contribution in [0.3, 0.4) is 0 Å². The molecule has 0 aliphatic carbocycles. The molecule has 0 unspecified atom stereocenters. The van der Waals surface area contributed by atoms with Gasteiger partial charge < -0.3 is 29.5 Å². The molecule has 8 heteroatoms. The summed E-state index contributed by atoms with van der Waals surface area (Å²) in [6.45, 7) is 3.67. The number of carboxylic acid groups (broad SMARTS) is 1. The van der Waals surface area contributed by atoms with E-state index in [1.54, 1.807) is 0 Å². The molecule has 0 saturated carbocycles. The Hall–Kier alpha value is -0.880. The van der Waals surface area contributed by atoms with Crippen LogP contribution in [0.15, 0.2) is 11.3 Å². The van der Waals surface area contributed by atoms with Crippen LogP contribution in [0.5, 0.6) is 0 Å². The van der Waals surface area contributed by atoms with Gasteiger partial charge in [-0.05, 0) is 13.3 Å². The van der Waals surface area contributed by atoms with Gasteiger partial charge in [0.05, 0.1) is 0 Å². The lowest BCUT2D eigenvalue weighted by molar-refractivity contribution is -0.432. The topological polar surface area (TPSA) is 147 Å². The third-order valence-electron chi connectivity index (χ3n) is 5.00. The van der Waals surface area contributed by atoms with Crippen LogP contribution in [-0.4, -0.2) is 11.1 Å². The third kappa shape index (κ3) is 29.3. The monoisotopic (exact) mass is 448 g/mol. The van der Waals surface area contributed by atoms with E-state index in [-0.39, 0.29) is 11.3 Å². The fourth-order valence-electron chi connectivity index (χ4n) is 3.14. The van der Waals surface area contributed by atoms with Crippen LogP contribution in [0.25, 0.3) is 0 Å². The second kappa shape index (κ2) is 21.4. The van der Waals surface area contributed by atoms with E-state index in [2.05, 4.69) is 6.92 Å². The Morgan fingerprint density at radius 3 is 1.23 bits per heavy atom. The zero-order valence-electron chi connectivity index (χ0n) is 18.9. The number of hydrogen-bond acceptors (Lipinski definition) is 6. The smallest absolute Gasteiger partial charge is 0.330 e. The van der Waals surface area contributed by atoms with E-state index in [1.807, 2.05) is 0 Å². The number of aliphatic carboxylic acids is 1. The molecule has 30 heavy (non-hydrogen) atoms. The Kier molecular flexibility index (Phi) is 22.3. The highest BCUT2D eigenvalue weighted by Gasteiger charge is 2.01. The SMILES string of the molecule is CCCCCCCCCCCCCCCCCC/C([O-])=C(\C)C(=O)O.O=P([O-])([O-])[O-]. The van der Waals surface area contributed by atoms with Gasteiger partial charge in [0.1, 0.15) is 0 Å². The van der Waals surface area contributed by atoms with E-state index in [1.165, 1.54) is 90.4 Å². The molecule has 0 atom stereocenters. The highest BCUT2D eigenvalue weighted by atomic mass is 31.2. The van der Waals surface area contributed by atoms with Crippen LogP contribution >= 0.6 is 7.82 Å². The normalized spacial score (nSPS) is 12.2. The molecule has 0 bridgehead atoms. The van der Waals surface area contributed by atoms with Crippen molar-refractivity contribution in [2.75, 3.05) is 0 Å². The van der Waals surface area contributed by atoms with Gasteiger partial charge >= 0.3 is 5.97 Å². The Labute approximate surface area is 182 Å². The van der Waals surface area contributed by atoms with Crippen LogP contribution < -0.4 is 19.8 Å². The molecule has 0 aromatic carbocycles. The Morgan fingerprint density at radius 2 is 0.967 bits per heavy atom. The molecule has 0 aromatic rings. The number of allylic oxidation sites excluding steroid dienone is 1. The van der Waals surface area contributed by atoms with Crippen molar-refractivity contribution >= 4 is 13.8 Å². The number of hydrogen-bond donors (Lipinski definition) is 1. The summed E-state index contributed by atoms with van der Waals surface area (Å²) in [5.74, 6) is -1.29. The van der Waals surface area contributed by atoms with Crippen molar-refractivity contribution in [1.29, 1.82) is 0 Å². The lowest BCUT2D eigenvalue weighted by Crippen LogP contribution is -2.24. The van der Waals surface area contributed by atoms with Crippen molar-refractivity contribution in [3.05, 3.63) is 11.3 Å². The van der Waals surface area contributed by atoms with Gasteiger partial charge in [-0.1, -0.05) is 110 Å². The zero-order valence-corrected chi connectivity index (χ0v) is 19.8. The standard InChI is InChI=1S/C22H42O3.H3O4P/c1-3-4-5-6-7-8-9-10-11-12-13-14-15-16-17-18-19-21(23)20(2)22(24)25;1-5(2,3)4/h23H,3-19H2,1-2H3,(H,24,25);(H3,1,2,3,4)/p-4/b21-20-;. The first kappa shape index (κ1) is 31.3. The predicted molar refractivity (Wildman–Crippen MR) is 112 cm³/mol. The van der Waals surface area contributed by atoms with E-state index < -0.39 is 13.8 Å². The summed E-state index contributed by atoms with van der Waals surface area (Å²) in [6.07, 6.45) is 21.3. The lowest BCUT2D eigenvalue weighted by Gasteiger charge is -2.36. The predicted octanol–water partition coefficient (Wildman–Crippen LogP) is 3.53. The van der Waals surface area contributed by atoms with Crippen LogP contribution in [-0.2, 0) is 9.36 Å². The fourth-order valence-corrected chi connectivity index (χ4v) is 3.14. The fraction of sp³-hybridized carbons (Fsp3) is 0.864. The van der Waals surface area contributed by atoms with E-state index >= 15 is 0 Å². The van der Waals surface area contributed by atoms with Crippen molar-refractivity contribution in [3.8, 4) is 0 Å². The van der Waals surface area contributed by atoms with Gasteiger partial charge in [-0.25, -0.2) is 4.79 Å². The van der Waals surface area contributed by atoms with Gasteiger partial charge in [-0.2, -0.15) is 7.82 Å². The molecular formula is C22H41O7P-4. The van der Waals surface area contributed by atoms with Crippen molar-refractivity contribution in [2.45, 2.75) is 123 Å². The highest BCUT2D eigenvalue weighted by molar-refractivity contribution is 7.40. The summed E-state index contributed by atoms with van der Waals surface area (Å²) in [7, 11) is -5.39. The summed E-state index contributed by atoms with van der Waals surface area (Å²) in [4.78, 5) is 36.3. The molecule has 0 saturated heterocycles. The molecule has 0 amide bonds. The number of carbonyl (C=O) groups is 1. The number of rotatable bonds is 18. The molecule has 0 rings (SSSR count). The number of carboxylic acids is 1. The van der Waals surface area contributed by atoms with E-state index in [4.69, 9.17) is 24.4 Å². The van der Waals surface area contributed by atoms with Crippen LogP contribution in [0, 0.1) is 0 Å². The van der Waals surface area contributed by atoms with Crippen molar-refractivity contribution in [3.63, 3.8) is 0 Å². The second-order valence-corrected chi connectivity index (χ2v) is 8.75. The van der Waals surface area contributed by atoms with Crippen molar-refractivity contribution < 1.29 is 34.3 Å². The van der Waals surface area contributed by atoms with Gasteiger partial charge in [0.2, 0.25) is 0 Å². The number of phosphoric acid groups is 1. The molecule has 180 valence electrons. The minimum absolute atomic E-state index is 0.0269. The molecule has 0 spiro atoms. The second-order valence-electron chi connectivity index (χ2n) is 7.85. The summed E-state index contributed by atoms with van der Waals surface area (Å²) in [5, 5.41) is 20.2. The largest absolute Gasteiger partial charge is 0.875 e. The lowest BCUT2D eigenvalue weighted by atomic mass is 10.0. The van der Waals surface area contributed by atoms with Gasteiger partial charge in [0, 0.05) is 5.57 Å². The number of unbranched alkanes of at least 4 members (excludes halogenated alkanes) is 15. The third-order valence-corrected chi connectivity index (χ3v) is 5.00. The molecule has 0 heterocycles. The average Bonchev–Trinajstić information content (AvgIpc) is 2.65. The minimum atomic E-state index is -5.39.